The SMILES string of the molecule is Cc1cc(S(=O)(=O)NC2CCN(CC(=O)Nc3ccccc3)CC2)ccc1Br. The maximum Gasteiger partial charge on any atom is 0.240 e. The molecular weight excluding hydrogens is 442 g/mol. The van der Waals surface area contributed by atoms with E-state index >= 15 is 0 Å². The molecule has 0 aliphatic carbocycles. The summed E-state index contributed by atoms with van der Waals surface area (Å²) in [5.74, 6) is -0.0597. The Morgan fingerprint density at radius 1 is 1.14 bits per heavy atom. The number of likely N-dealkylation sites (tertiary alicyclic amines) is 1. The number of hydrogen-bond acceptors (Lipinski definition) is 4. The van der Waals surface area contributed by atoms with Crippen molar-refractivity contribution in [2.75, 3.05) is 25.0 Å². The summed E-state index contributed by atoms with van der Waals surface area (Å²) in [5.41, 5.74) is 1.65. The first-order chi connectivity index (χ1) is 13.3. The van der Waals surface area contributed by atoms with Crippen molar-refractivity contribution in [2.45, 2.75) is 30.7 Å². The molecular formula is C20H24BrN3O3S. The smallest absolute Gasteiger partial charge is 0.240 e. The van der Waals surface area contributed by atoms with Crippen LogP contribution in [0.1, 0.15) is 18.4 Å². The Labute approximate surface area is 174 Å². The number of nitrogens with zero attached hydrogens (tertiary/aromatic N) is 1. The summed E-state index contributed by atoms with van der Waals surface area (Å²) in [5, 5.41) is 2.87. The van der Waals surface area contributed by atoms with Crippen LogP contribution in [0.5, 0.6) is 0 Å². The molecule has 1 saturated heterocycles. The van der Waals surface area contributed by atoms with E-state index in [4.69, 9.17) is 0 Å². The highest BCUT2D eigenvalue weighted by atomic mass is 79.9. The lowest BCUT2D eigenvalue weighted by Gasteiger charge is -2.31. The standard InChI is InChI=1S/C20H24BrN3O3S/c1-15-13-18(7-8-19(15)21)28(26,27)23-17-9-11-24(12-10-17)14-20(25)22-16-5-3-2-4-6-16/h2-8,13,17,23H,9-12,14H2,1H3,(H,22,25). The molecule has 2 aromatic carbocycles. The van der Waals surface area contributed by atoms with E-state index in [1.54, 1.807) is 18.2 Å². The normalized spacial score (nSPS) is 16.1. The van der Waals surface area contributed by atoms with Crippen LogP contribution in [0.3, 0.4) is 0 Å². The van der Waals surface area contributed by atoms with Crippen molar-refractivity contribution in [3.8, 4) is 0 Å². The van der Waals surface area contributed by atoms with Crippen molar-refractivity contribution in [3.05, 3.63) is 58.6 Å². The van der Waals surface area contributed by atoms with Crippen LogP contribution in [-0.4, -0.2) is 44.9 Å². The van der Waals surface area contributed by atoms with Gasteiger partial charge in [0.1, 0.15) is 0 Å². The highest BCUT2D eigenvalue weighted by Crippen LogP contribution is 2.21. The molecule has 1 fully saturated rings. The molecule has 2 aromatic rings. The maximum atomic E-state index is 12.6. The average Bonchev–Trinajstić information content (AvgIpc) is 2.66. The zero-order chi connectivity index (χ0) is 20.1. The van der Waals surface area contributed by atoms with E-state index in [1.165, 1.54) is 0 Å². The molecule has 0 aromatic heterocycles. The molecule has 1 aliphatic heterocycles. The largest absolute Gasteiger partial charge is 0.325 e. The van der Waals surface area contributed by atoms with Gasteiger partial charge in [-0.1, -0.05) is 34.1 Å². The molecule has 0 bridgehead atoms. The fourth-order valence-corrected chi connectivity index (χ4v) is 4.84. The summed E-state index contributed by atoms with van der Waals surface area (Å²) in [4.78, 5) is 14.5. The number of halogens is 1. The number of amides is 1. The summed E-state index contributed by atoms with van der Waals surface area (Å²) in [6, 6.07) is 14.2. The molecule has 6 nitrogen and oxygen atoms in total. The van der Waals surface area contributed by atoms with E-state index in [0.717, 1.165) is 15.7 Å². The molecule has 0 atom stereocenters. The molecule has 1 amide bonds. The molecule has 2 N–H and O–H groups in total. The Balaban J connectivity index is 1.49. The van der Waals surface area contributed by atoms with Gasteiger partial charge >= 0.3 is 0 Å². The summed E-state index contributed by atoms with van der Waals surface area (Å²) < 4.78 is 28.9. The van der Waals surface area contributed by atoms with Crippen LogP contribution < -0.4 is 10.0 Å². The van der Waals surface area contributed by atoms with E-state index in [1.807, 2.05) is 42.2 Å². The first kappa shape index (κ1) is 21.0. The van der Waals surface area contributed by atoms with Gasteiger partial charge in [0.05, 0.1) is 11.4 Å². The van der Waals surface area contributed by atoms with Gasteiger partial charge in [-0.2, -0.15) is 0 Å². The summed E-state index contributed by atoms with van der Waals surface area (Å²) in [7, 11) is -3.55. The van der Waals surface area contributed by atoms with Gasteiger partial charge in [-0.05, 0) is 55.7 Å². The number of anilines is 1. The lowest BCUT2D eigenvalue weighted by Crippen LogP contribution is -2.46. The number of para-hydroxylation sites is 1. The van der Waals surface area contributed by atoms with Gasteiger partial charge in [0.15, 0.2) is 0 Å². The van der Waals surface area contributed by atoms with Crippen molar-refractivity contribution in [3.63, 3.8) is 0 Å². The number of benzene rings is 2. The minimum Gasteiger partial charge on any atom is -0.325 e. The quantitative estimate of drug-likeness (QED) is 0.686. The van der Waals surface area contributed by atoms with Crippen molar-refractivity contribution < 1.29 is 13.2 Å². The van der Waals surface area contributed by atoms with Crippen LogP contribution >= 0.6 is 15.9 Å². The minimum atomic E-state index is -3.55. The highest BCUT2D eigenvalue weighted by molar-refractivity contribution is 9.10. The lowest BCUT2D eigenvalue weighted by molar-refractivity contribution is -0.117. The summed E-state index contributed by atoms with van der Waals surface area (Å²) in [6.07, 6.45) is 1.35. The molecule has 0 radical (unpaired) electrons. The topological polar surface area (TPSA) is 78.5 Å². The molecule has 0 unspecified atom stereocenters. The number of rotatable bonds is 6. The number of nitrogens with one attached hydrogen (secondary N) is 2. The Morgan fingerprint density at radius 2 is 1.82 bits per heavy atom. The average molecular weight is 466 g/mol. The zero-order valence-corrected chi connectivity index (χ0v) is 18.1. The molecule has 8 heteroatoms. The van der Waals surface area contributed by atoms with Gasteiger partial charge in [0.25, 0.3) is 0 Å². The van der Waals surface area contributed by atoms with Crippen molar-refractivity contribution in [1.82, 2.24) is 9.62 Å². The predicted octanol–water partition coefficient (Wildman–Crippen LogP) is 3.14. The molecule has 1 heterocycles. The third-order valence-electron chi connectivity index (χ3n) is 4.77. The Morgan fingerprint density at radius 3 is 2.46 bits per heavy atom. The monoisotopic (exact) mass is 465 g/mol. The lowest BCUT2D eigenvalue weighted by atomic mass is 10.1. The molecule has 28 heavy (non-hydrogen) atoms. The first-order valence-corrected chi connectivity index (χ1v) is 11.5. The first-order valence-electron chi connectivity index (χ1n) is 9.19. The Hall–Kier alpha value is -1.74. The van der Waals surface area contributed by atoms with Gasteiger partial charge in [-0.25, -0.2) is 13.1 Å². The highest BCUT2D eigenvalue weighted by Gasteiger charge is 2.25. The third-order valence-corrected chi connectivity index (χ3v) is 7.18. The molecule has 0 spiro atoms. The van der Waals surface area contributed by atoms with Crippen LogP contribution in [0.4, 0.5) is 5.69 Å². The molecule has 3 rings (SSSR count). The number of sulfonamides is 1. The van der Waals surface area contributed by atoms with Crippen molar-refractivity contribution in [2.24, 2.45) is 0 Å². The second-order valence-corrected chi connectivity index (χ2v) is 9.57. The summed E-state index contributed by atoms with van der Waals surface area (Å²) in [6.45, 7) is 3.52. The fourth-order valence-electron chi connectivity index (χ4n) is 3.21. The second-order valence-electron chi connectivity index (χ2n) is 7.00. The van der Waals surface area contributed by atoms with Crippen LogP contribution in [0.25, 0.3) is 0 Å². The molecule has 1 aliphatic rings. The van der Waals surface area contributed by atoms with Crippen molar-refractivity contribution in [1.29, 1.82) is 0 Å². The van der Waals surface area contributed by atoms with Gasteiger partial charge in [-0.3, -0.25) is 9.69 Å². The van der Waals surface area contributed by atoms with Crippen LogP contribution in [0, 0.1) is 6.92 Å². The van der Waals surface area contributed by atoms with E-state index < -0.39 is 10.0 Å². The van der Waals surface area contributed by atoms with E-state index in [-0.39, 0.29) is 16.8 Å². The maximum absolute atomic E-state index is 12.6. The Kier molecular flexibility index (Phi) is 6.87. The third kappa shape index (κ3) is 5.64. The number of hydrogen-bond donors (Lipinski definition) is 2. The number of aryl methyl sites for hydroxylation is 1. The second kappa shape index (κ2) is 9.17. The van der Waals surface area contributed by atoms with Gasteiger partial charge in [0, 0.05) is 29.3 Å². The summed E-state index contributed by atoms with van der Waals surface area (Å²) >= 11 is 3.39. The zero-order valence-electron chi connectivity index (χ0n) is 15.7. The number of piperidine rings is 1. The minimum absolute atomic E-state index is 0.0597. The van der Waals surface area contributed by atoms with Crippen molar-refractivity contribution >= 4 is 37.5 Å². The number of carbonyl (C=O) groups is 1. The van der Waals surface area contributed by atoms with Gasteiger partial charge in [-0.15, -0.1) is 0 Å². The Bertz CT molecular complexity index is 927. The fraction of sp³-hybridized carbons (Fsp3) is 0.350. The van der Waals surface area contributed by atoms with E-state index in [9.17, 15) is 13.2 Å². The van der Waals surface area contributed by atoms with E-state index in [2.05, 4.69) is 26.0 Å². The van der Waals surface area contributed by atoms with Crippen LogP contribution in [0.15, 0.2) is 57.9 Å². The van der Waals surface area contributed by atoms with Gasteiger partial charge in [0.2, 0.25) is 15.9 Å². The molecule has 150 valence electrons. The number of carbonyl (C=O) groups excluding carboxylic acids is 1. The predicted molar refractivity (Wildman–Crippen MR) is 114 cm³/mol. The van der Waals surface area contributed by atoms with Crippen LogP contribution in [0.2, 0.25) is 0 Å². The van der Waals surface area contributed by atoms with Gasteiger partial charge < -0.3 is 5.32 Å². The van der Waals surface area contributed by atoms with E-state index in [0.29, 0.717) is 32.5 Å². The van der Waals surface area contributed by atoms with Crippen LogP contribution in [-0.2, 0) is 14.8 Å². The molecule has 0 saturated carbocycles.